The van der Waals surface area contributed by atoms with E-state index in [0.717, 1.165) is 38.2 Å². The fraction of sp³-hybridized carbons (Fsp3) is 0.625. The molecule has 24 heavy (non-hydrogen) atoms. The summed E-state index contributed by atoms with van der Waals surface area (Å²) in [7, 11) is -3.25. The zero-order chi connectivity index (χ0) is 17.3. The second-order valence-electron chi connectivity index (χ2n) is 6.86. The summed E-state index contributed by atoms with van der Waals surface area (Å²) in [6.45, 7) is 6.92. The average Bonchev–Trinajstić information content (AvgIpc) is 3.15. The molecule has 0 bridgehead atoms. The van der Waals surface area contributed by atoms with E-state index in [2.05, 4.69) is 40.1 Å². The van der Waals surface area contributed by atoms with E-state index < -0.39 is 9.84 Å². The number of hydrogen-bond acceptors (Lipinski definition) is 5. The van der Waals surface area contributed by atoms with Crippen molar-refractivity contribution in [1.82, 2.24) is 24.9 Å². The number of nitrogens with one attached hydrogen (secondary N) is 1. The first-order valence-corrected chi connectivity index (χ1v) is 10.2. The van der Waals surface area contributed by atoms with Crippen molar-refractivity contribution in [1.29, 1.82) is 0 Å². The highest BCUT2D eigenvalue weighted by molar-refractivity contribution is 7.90. The van der Waals surface area contributed by atoms with Crippen LogP contribution in [0.15, 0.2) is 23.4 Å². The molecule has 1 saturated heterocycles. The van der Waals surface area contributed by atoms with Crippen LogP contribution in [0.1, 0.15) is 50.0 Å². The average molecular weight is 351 g/mol. The van der Waals surface area contributed by atoms with Gasteiger partial charge in [0.15, 0.2) is 9.84 Å². The topological polar surface area (TPSA) is 83.9 Å². The molecule has 0 aliphatic carbocycles. The van der Waals surface area contributed by atoms with E-state index in [4.69, 9.17) is 0 Å². The summed E-state index contributed by atoms with van der Waals surface area (Å²) in [4.78, 5) is 2.71. The standard InChI is InChI=1S/C16H25N5O2S/c1-12(2)21-14(6-7-18-21)11-20-8-4-5-13(10-20)16-15(9-17-19-16)24(3,22)23/h6-7,9,12-13H,4-5,8,10-11H2,1-3H3,(H,17,19)/t13-/m0/s1. The lowest BCUT2D eigenvalue weighted by Crippen LogP contribution is -2.35. The maximum atomic E-state index is 11.9. The number of sulfone groups is 1. The van der Waals surface area contributed by atoms with Crippen LogP contribution in [-0.4, -0.2) is 52.6 Å². The minimum Gasteiger partial charge on any atom is -0.297 e. The van der Waals surface area contributed by atoms with Crippen molar-refractivity contribution in [2.75, 3.05) is 19.3 Å². The van der Waals surface area contributed by atoms with Crippen LogP contribution in [0.25, 0.3) is 0 Å². The Bertz CT molecular complexity index is 793. The maximum absolute atomic E-state index is 11.9. The van der Waals surface area contributed by atoms with Crippen LogP contribution in [0.2, 0.25) is 0 Å². The molecular formula is C16H25N5O2S. The van der Waals surface area contributed by atoms with Gasteiger partial charge in [0, 0.05) is 37.5 Å². The largest absolute Gasteiger partial charge is 0.297 e. The molecule has 0 unspecified atom stereocenters. The van der Waals surface area contributed by atoms with E-state index in [1.54, 1.807) is 0 Å². The first-order valence-electron chi connectivity index (χ1n) is 8.34. The predicted molar refractivity (Wildman–Crippen MR) is 91.6 cm³/mol. The van der Waals surface area contributed by atoms with Gasteiger partial charge in [-0.3, -0.25) is 14.7 Å². The molecule has 2 aromatic heterocycles. The first-order chi connectivity index (χ1) is 11.4. The molecule has 0 spiro atoms. The highest BCUT2D eigenvalue weighted by Crippen LogP contribution is 2.30. The number of aromatic amines is 1. The summed E-state index contributed by atoms with van der Waals surface area (Å²) < 4.78 is 25.9. The quantitative estimate of drug-likeness (QED) is 0.890. The Morgan fingerprint density at radius 3 is 2.92 bits per heavy atom. The molecule has 1 fully saturated rings. The summed E-state index contributed by atoms with van der Waals surface area (Å²) in [5, 5.41) is 11.3. The Kier molecular flexibility index (Phi) is 4.78. The number of likely N-dealkylation sites (tertiary alicyclic amines) is 1. The van der Waals surface area contributed by atoms with E-state index in [0.29, 0.717) is 10.9 Å². The number of H-pyrrole nitrogens is 1. The Hall–Kier alpha value is -1.67. The summed E-state index contributed by atoms with van der Waals surface area (Å²) in [5.41, 5.74) is 1.94. The molecule has 0 aromatic carbocycles. The van der Waals surface area contributed by atoms with E-state index in [1.807, 2.05) is 10.9 Å². The Morgan fingerprint density at radius 2 is 2.21 bits per heavy atom. The third kappa shape index (κ3) is 3.54. The number of rotatable bonds is 5. The van der Waals surface area contributed by atoms with Crippen LogP contribution in [-0.2, 0) is 16.4 Å². The highest BCUT2D eigenvalue weighted by Gasteiger charge is 2.28. The Morgan fingerprint density at radius 1 is 1.42 bits per heavy atom. The van der Waals surface area contributed by atoms with Gasteiger partial charge in [-0.25, -0.2) is 8.42 Å². The normalized spacial score (nSPS) is 19.9. The van der Waals surface area contributed by atoms with E-state index >= 15 is 0 Å². The molecule has 0 radical (unpaired) electrons. The van der Waals surface area contributed by atoms with Crippen molar-refractivity contribution < 1.29 is 8.42 Å². The van der Waals surface area contributed by atoms with Gasteiger partial charge in [0.2, 0.25) is 0 Å². The van der Waals surface area contributed by atoms with Crippen LogP contribution < -0.4 is 0 Å². The Balaban J connectivity index is 1.76. The van der Waals surface area contributed by atoms with Gasteiger partial charge >= 0.3 is 0 Å². The minimum atomic E-state index is -3.25. The number of hydrogen-bond donors (Lipinski definition) is 1. The first kappa shape index (κ1) is 17.2. The van der Waals surface area contributed by atoms with Crippen molar-refractivity contribution >= 4 is 9.84 Å². The van der Waals surface area contributed by atoms with Crippen LogP contribution in [0.3, 0.4) is 0 Å². The maximum Gasteiger partial charge on any atom is 0.178 e. The summed E-state index contributed by atoms with van der Waals surface area (Å²) in [6, 6.07) is 2.39. The van der Waals surface area contributed by atoms with Gasteiger partial charge in [0.05, 0.1) is 17.6 Å². The number of aromatic nitrogens is 4. The molecular weight excluding hydrogens is 326 g/mol. The molecule has 0 saturated carbocycles. The smallest absolute Gasteiger partial charge is 0.178 e. The van der Waals surface area contributed by atoms with E-state index in [1.165, 1.54) is 18.1 Å². The lowest BCUT2D eigenvalue weighted by atomic mass is 9.95. The Labute approximate surface area is 143 Å². The highest BCUT2D eigenvalue weighted by atomic mass is 32.2. The van der Waals surface area contributed by atoms with Gasteiger partial charge in [0.25, 0.3) is 0 Å². The summed E-state index contributed by atoms with van der Waals surface area (Å²) in [6.07, 6.45) is 6.53. The molecule has 1 aliphatic heterocycles. The van der Waals surface area contributed by atoms with Crippen LogP contribution in [0.4, 0.5) is 0 Å². The van der Waals surface area contributed by atoms with Gasteiger partial charge in [0.1, 0.15) is 4.90 Å². The number of nitrogens with zero attached hydrogens (tertiary/aromatic N) is 4. The molecule has 3 rings (SSSR count). The lowest BCUT2D eigenvalue weighted by molar-refractivity contribution is 0.191. The van der Waals surface area contributed by atoms with Crippen LogP contribution >= 0.6 is 0 Å². The van der Waals surface area contributed by atoms with E-state index in [9.17, 15) is 8.42 Å². The fourth-order valence-corrected chi connectivity index (χ4v) is 4.32. The molecule has 1 atom stereocenters. The van der Waals surface area contributed by atoms with E-state index in [-0.39, 0.29) is 5.92 Å². The third-order valence-corrected chi connectivity index (χ3v) is 5.70. The molecule has 3 heterocycles. The molecule has 1 aliphatic rings. The third-order valence-electron chi connectivity index (χ3n) is 4.57. The van der Waals surface area contributed by atoms with Crippen molar-refractivity contribution in [2.45, 2.75) is 50.1 Å². The molecule has 7 nitrogen and oxygen atoms in total. The predicted octanol–water partition coefficient (Wildman–Crippen LogP) is 1.97. The fourth-order valence-electron chi connectivity index (χ4n) is 3.47. The van der Waals surface area contributed by atoms with Gasteiger partial charge in [-0.15, -0.1) is 0 Å². The van der Waals surface area contributed by atoms with Crippen molar-refractivity contribution in [3.8, 4) is 0 Å². The van der Waals surface area contributed by atoms with Crippen LogP contribution in [0.5, 0.6) is 0 Å². The van der Waals surface area contributed by atoms with Gasteiger partial charge in [-0.2, -0.15) is 10.2 Å². The van der Waals surface area contributed by atoms with Crippen molar-refractivity contribution in [2.24, 2.45) is 0 Å². The second-order valence-corrected chi connectivity index (χ2v) is 8.84. The molecule has 8 heteroatoms. The van der Waals surface area contributed by atoms with Crippen molar-refractivity contribution in [3.05, 3.63) is 29.8 Å². The van der Waals surface area contributed by atoms with Gasteiger partial charge in [-0.05, 0) is 39.3 Å². The zero-order valence-electron chi connectivity index (χ0n) is 14.4. The molecule has 0 amide bonds. The van der Waals surface area contributed by atoms with Crippen molar-refractivity contribution in [3.63, 3.8) is 0 Å². The van der Waals surface area contributed by atoms with Gasteiger partial charge in [-0.1, -0.05) is 0 Å². The monoisotopic (exact) mass is 351 g/mol. The van der Waals surface area contributed by atoms with Crippen LogP contribution in [0, 0.1) is 0 Å². The summed E-state index contributed by atoms with van der Waals surface area (Å²) >= 11 is 0. The molecule has 132 valence electrons. The molecule has 1 N–H and O–H groups in total. The lowest BCUT2D eigenvalue weighted by Gasteiger charge is -2.32. The SMILES string of the molecule is CC(C)n1nccc1CN1CCC[C@H](c2[nH]ncc2S(C)(=O)=O)C1. The number of piperidine rings is 1. The summed E-state index contributed by atoms with van der Waals surface area (Å²) in [5.74, 6) is 0.168. The second kappa shape index (κ2) is 6.68. The zero-order valence-corrected chi connectivity index (χ0v) is 15.3. The van der Waals surface area contributed by atoms with Gasteiger partial charge < -0.3 is 0 Å². The minimum absolute atomic E-state index is 0.168. The molecule has 2 aromatic rings.